The van der Waals surface area contributed by atoms with Gasteiger partial charge in [0.05, 0.1) is 6.61 Å². The molecule has 0 spiro atoms. The highest BCUT2D eigenvalue weighted by molar-refractivity contribution is 7.46. The Morgan fingerprint density at radius 2 is 1.55 bits per heavy atom. The highest BCUT2D eigenvalue weighted by Crippen LogP contribution is 2.41. The van der Waals surface area contributed by atoms with E-state index in [1.807, 2.05) is 0 Å². The Balaban J connectivity index is 2.67. The zero-order chi connectivity index (χ0) is 15.8. The Labute approximate surface area is 112 Å². The van der Waals surface area contributed by atoms with Gasteiger partial charge in [-0.3, -0.25) is 9.05 Å². The zero-order valence-corrected chi connectivity index (χ0v) is 11.5. The number of ether oxygens (including phenoxy) is 1. The topological polar surface area (TPSA) is 203 Å². The summed E-state index contributed by atoms with van der Waals surface area (Å²) in [6.07, 6.45) is -5.38. The standard InChI is InChI=1S/C6H14O12P2/c7-4-3(1-16-19(10,11)12)18-6(9,5(4)8)2-17-20(13,14)15/h3-5,7-9H,1-2H2,(H2,10,11,12)(H2,13,14,15)/t3-,4?,5-,6-/m1/s1. The lowest BCUT2D eigenvalue weighted by atomic mass is 10.1. The molecule has 20 heavy (non-hydrogen) atoms. The van der Waals surface area contributed by atoms with E-state index in [2.05, 4.69) is 13.8 Å². The summed E-state index contributed by atoms with van der Waals surface area (Å²) in [5.41, 5.74) is 0. The van der Waals surface area contributed by atoms with E-state index in [4.69, 9.17) is 19.6 Å². The number of phosphoric acid groups is 2. The Bertz CT molecular complexity index is 428. The van der Waals surface area contributed by atoms with Crippen LogP contribution in [0, 0.1) is 0 Å². The molecule has 0 aromatic carbocycles. The molecule has 1 unspecified atom stereocenters. The van der Waals surface area contributed by atoms with E-state index in [9.17, 15) is 24.4 Å². The quantitative estimate of drug-likeness (QED) is 0.242. The fourth-order valence-electron chi connectivity index (χ4n) is 1.47. The highest BCUT2D eigenvalue weighted by Gasteiger charge is 2.54. The van der Waals surface area contributed by atoms with Crippen molar-refractivity contribution in [1.82, 2.24) is 0 Å². The number of hydrogen-bond donors (Lipinski definition) is 7. The summed E-state index contributed by atoms with van der Waals surface area (Å²) in [4.78, 5) is 33.9. The van der Waals surface area contributed by atoms with Crippen molar-refractivity contribution >= 4 is 15.6 Å². The maximum absolute atomic E-state index is 10.5. The molecule has 0 radical (unpaired) electrons. The van der Waals surface area contributed by atoms with E-state index in [1.54, 1.807) is 0 Å². The van der Waals surface area contributed by atoms with E-state index in [0.29, 0.717) is 0 Å². The minimum atomic E-state index is -4.96. The smallest absolute Gasteiger partial charge is 0.387 e. The SMILES string of the molecule is O=P(O)(O)OC[C@H]1O[C@](O)(COP(=O)(O)O)[C@H](O)C1O. The lowest BCUT2D eigenvalue weighted by Crippen LogP contribution is -2.46. The minimum absolute atomic E-state index is 0.874. The van der Waals surface area contributed by atoms with E-state index in [-0.39, 0.29) is 0 Å². The first kappa shape index (κ1) is 18.1. The van der Waals surface area contributed by atoms with Crippen LogP contribution in [0.15, 0.2) is 0 Å². The fraction of sp³-hybridized carbons (Fsp3) is 1.00. The van der Waals surface area contributed by atoms with Crippen molar-refractivity contribution < 1.29 is 57.8 Å². The molecule has 0 aliphatic carbocycles. The Morgan fingerprint density at radius 1 is 1.05 bits per heavy atom. The van der Waals surface area contributed by atoms with Crippen molar-refractivity contribution in [3.05, 3.63) is 0 Å². The maximum atomic E-state index is 10.5. The third-order valence-corrected chi connectivity index (χ3v) is 3.32. The molecule has 12 nitrogen and oxygen atoms in total. The lowest BCUT2D eigenvalue weighted by molar-refractivity contribution is -0.245. The van der Waals surface area contributed by atoms with Crippen molar-refractivity contribution in [2.75, 3.05) is 13.2 Å². The Hall–Kier alpha value is 0.0600. The van der Waals surface area contributed by atoms with Crippen LogP contribution in [0.2, 0.25) is 0 Å². The summed E-state index contributed by atoms with van der Waals surface area (Å²) in [6, 6.07) is 0. The molecular formula is C6H14O12P2. The first-order chi connectivity index (χ1) is 8.84. The molecule has 1 aliphatic heterocycles. The van der Waals surface area contributed by atoms with Crippen LogP contribution in [-0.2, 0) is 22.9 Å². The first-order valence-electron chi connectivity index (χ1n) is 5.00. The molecule has 0 aromatic heterocycles. The second-order valence-corrected chi connectivity index (χ2v) is 6.47. The van der Waals surface area contributed by atoms with E-state index < -0.39 is 53.0 Å². The van der Waals surface area contributed by atoms with Crippen LogP contribution in [0.1, 0.15) is 0 Å². The summed E-state index contributed by atoms with van der Waals surface area (Å²) in [5, 5.41) is 28.8. The third kappa shape index (κ3) is 5.11. The number of hydrogen-bond acceptors (Lipinski definition) is 8. The van der Waals surface area contributed by atoms with Crippen LogP contribution >= 0.6 is 15.6 Å². The van der Waals surface area contributed by atoms with Crippen molar-refractivity contribution in [1.29, 1.82) is 0 Å². The summed E-state index contributed by atoms with van der Waals surface area (Å²) >= 11 is 0. The average molecular weight is 340 g/mol. The predicted octanol–water partition coefficient (Wildman–Crippen LogP) is -2.99. The number of aliphatic hydroxyl groups is 3. The van der Waals surface area contributed by atoms with Gasteiger partial charge in [0.15, 0.2) is 0 Å². The van der Waals surface area contributed by atoms with Gasteiger partial charge in [0.2, 0.25) is 5.79 Å². The molecule has 7 N–H and O–H groups in total. The van der Waals surface area contributed by atoms with Crippen molar-refractivity contribution in [2.45, 2.75) is 24.1 Å². The van der Waals surface area contributed by atoms with Gasteiger partial charge in [0.1, 0.15) is 24.9 Å². The number of aliphatic hydroxyl groups excluding tert-OH is 2. The molecular weight excluding hydrogens is 326 g/mol. The highest BCUT2D eigenvalue weighted by atomic mass is 31.2. The van der Waals surface area contributed by atoms with Crippen LogP contribution in [0.4, 0.5) is 0 Å². The van der Waals surface area contributed by atoms with Crippen LogP contribution in [-0.4, -0.2) is 72.2 Å². The second-order valence-electron chi connectivity index (χ2n) is 3.99. The van der Waals surface area contributed by atoms with Crippen molar-refractivity contribution in [3.8, 4) is 0 Å². The van der Waals surface area contributed by atoms with Crippen LogP contribution < -0.4 is 0 Å². The van der Waals surface area contributed by atoms with Crippen LogP contribution in [0.3, 0.4) is 0 Å². The molecule has 0 saturated carbocycles. The molecule has 0 amide bonds. The van der Waals surface area contributed by atoms with E-state index in [1.165, 1.54) is 0 Å². The van der Waals surface area contributed by atoms with E-state index >= 15 is 0 Å². The summed E-state index contributed by atoms with van der Waals surface area (Å²) in [6.45, 7) is -2.05. The summed E-state index contributed by atoms with van der Waals surface area (Å²) in [7, 11) is -9.82. The second kappa shape index (κ2) is 6.05. The number of phosphoric ester groups is 2. The normalized spacial score (nSPS) is 35.5. The summed E-state index contributed by atoms with van der Waals surface area (Å²) in [5.74, 6) is -2.66. The van der Waals surface area contributed by atoms with Crippen molar-refractivity contribution in [3.63, 3.8) is 0 Å². The van der Waals surface area contributed by atoms with Gasteiger partial charge < -0.3 is 39.6 Å². The van der Waals surface area contributed by atoms with Gasteiger partial charge in [0.25, 0.3) is 0 Å². The number of rotatable bonds is 6. The molecule has 1 fully saturated rings. The van der Waals surface area contributed by atoms with Gasteiger partial charge >= 0.3 is 15.6 Å². The molecule has 4 atom stereocenters. The molecule has 14 heteroatoms. The summed E-state index contributed by atoms with van der Waals surface area (Å²) < 4.78 is 33.6. The van der Waals surface area contributed by atoms with Gasteiger partial charge in [-0.25, -0.2) is 9.13 Å². The van der Waals surface area contributed by atoms with Crippen LogP contribution in [0.5, 0.6) is 0 Å². The van der Waals surface area contributed by atoms with Gasteiger partial charge in [-0.15, -0.1) is 0 Å². The van der Waals surface area contributed by atoms with Crippen molar-refractivity contribution in [2.24, 2.45) is 0 Å². The van der Waals surface area contributed by atoms with Gasteiger partial charge in [-0.2, -0.15) is 0 Å². The average Bonchev–Trinajstić information content (AvgIpc) is 2.48. The predicted molar refractivity (Wildman–Crippen MR) is 57.8 cm³/mol. The monoisotopic (exact) mass is 340 g/mol. The molecule has 1 saturated heterocycles. The molecule has 1 aliphatic rings. The first-order valence-corrected chi connectivity index (χ1v) is 8.07. The maximum Gasteiger partial charge on any atom is 0.469 e. The molecule has 0 bridgehead atoms. The van der Waals surface area contributed by atoms with E-state index in [0.717, 1.165) is 0 Å². The minimum Gasteiger partial charge on any atom is -0.387 e. The van der Waals surface area contributed by atoms with Crippen LogP contribution in [0.25, 0.3) is 0 Å². The van der Waals surface area contributed by atoms with Gasteiger partial charge in [-0.1, -0.05) is 0 Å². The molecule has 1 rings (SSSR count). The Kier molecular flexibility index (Phi) is 5.48. The molecule has 1 heterocycles. The fourth-order valence-corrected chi connectivity index (χ4v) is 2.17. The van der Waals surface area contributed by atoms with Gasteiger partial charge in [-0.05, 0) is 0 Å². The lowest BCUT2D eigenvalue weighted by Gasteiger charge is -2.25. The Morgan fingerprint density at radius 3 is 2.00 bits per heavy atom. The van der Waals surface area contributed by atoms with Gasteiger partial charge in [0, 0.05) is 0 Å². The third-order valence-electron chi connectivity index (χ3n) is 2.37. The largest absolute Gasteiger partial charge is 0.469 e. The zero-order valence-electron chi connectivity index (χ0n) is 9.71. The molecule has 0 aromatic rings. The molecule has 120 valence electrons.